The molecule has 1 amide bonds. The molecule has 0 saturated carbocycles. The van der Waals surface area contributed by atoms with Crippen LogP contribution in [0.15, 0.2) is 22.7 Å². The van der Waals surface area contributed by atoms with Crippen LogP contribution in [-0.2, 0) is 0 Å². The molecule has 1 aromatic carbocycles. The van der Waals surface area contributed by atoms with Crippen LogP contribution in [0.4, 0.5) is 0 Å². The SMILES string of the molecule is CN(C)C(C)(C)CNC(=O)c1ccc(Cl)cc1Br. The van der Waals surface area contributed by atoms with Gasteiger partial charge in [0.25, 0.3) is 5.91 Å². The molecule has 0 atom stereocenters. The quantitative estimate of drug-likeness (QED) is 0.918. The van der Waals surface area contributed by atoms with Gasteiger partial charge in [-0.15, -0.1) is 0 Å². The lowest BCUT2D eigenvalue weighted by molar-refractivity contribution is 0.0919. The van der Waals surface area contributed by atoms with Gasteiger partial charge in [-0.25, -0.2) is 0 Å². The predicted molar refractivity (Wildman–Crippen MR) is 79.3 cm³/mol. The van der Waals surface area contributed by atoms with E-state index in [0.29, 0.717) is 21.6 Å². The highest BCUT2D eigenvalue weighted by molar-refractivity contribution is 9.10. The van der Waals surface area contributed by atoms with E-state index in [4.69, 9.17) is 11.6 Å². The van der Waals surface area contributed by atoms with Gasteiger partial charge in [0.15, 0.2) is 0 Å². The fourth-order valence-electron chi connectivity index (χ4n) is 1.22. The Kier molecular flexibility index (Phi) is 5.20. The van der Waals surface area contributed by atoms with E-state index in [1.54, 1.807) is 18.2 Å². The number of carbonyl (C=O) groups is 1. The molecule has 1 aromatic rings. The molecule has 0 saturated heterocycles. The number of hydrogen-bond acceptors (Lipinski definition) is 2. The van der Waals surface area contributed by atoms with Crippen LogP contribution in [0.2, 0.25) is 5.02 Å². The number of halogens is 2. The van der Waals surface area contributed by atoms with Gasteiger partial charge < -0.3 is 10.2 Å². The first-order chi connectivity index (χ1) is 8.24. The van der Waals surface area contributed by atoms with Crippen molar-refractivity contribution in [2.45, 2.75) is 19.4 Å². The standard InChI is InChI=1S/C13H18BrClN2O/c1-13(2,17(3)4)8-16-12(18)10-6-5-9(15)7-11(10)14/h5-7H,8H2,1-4H3,(H,16,18). The van der Waals surface area contributed by atoms with E-state index in [1.807, 2.05) is 14.1 Å². The van der Waals surface area contributed by atoms with E-state index in [2.05, 4.69) is 40.0 Å². The number of nitrogens with zero attached hydrogens (tertiary/aromatic N) is 1. The van der Waals surface area contributed by atoms with Crippen molar-refractivity contribution in [3.63, 3.8) is 0 Å². The number of likely N-dealkylation sites (N-methyl/N-ethyl adjacent to an activating group) is 1. The zero-order valence-electron chi connectivity index (χ0n) is 11.1. The van der Waals surface area contributed by atoms with Crippen molar-refractivity contribution in [3.8, 4) is 0 Å². The van der Waals surface area contributed by atoms with Gasteiger partial charge in [-0.2, -0.15) is 0 Å². The van der Waals surface area contributed by atoms with E-state index in [-0.39, 0.29) is 11.4 Å². The average Bonchev–Trinajstić information content (AvgIpc) is 2.25. The number of nitrogens with one attached hydrogen (secondary N) is 1. The summed E-state index contributed by atoms with van der Waals surface area (Å²) in [5.41, 5.74) is 0.503. The molecule has 0 bridgehead atoms. The highest BCUT2D eigenvalue weighted by Crippen LogP contribution is 2.21. The van der Waals surface area contributed by atoms with Gasteiger partial charge >= 0.3 is 0 Å². The highest BCUT2D eigenvalue weighted by Gasteiger charge is 2.21. The van der Waals surface area contributed by atoms with Crippen molar-refractivity contribution in [2.24, 2.45) is 0 Å². The minimum absolute atomic E-state index is 0.0887. The van der Waals surface area contributed by atoms with E-state index >= 15 is 0 Å². The largest absolute Gasteiger partial charge is 0.350 e. The number of benzene rings is 1. The Balaban J connectivity index is 2.72. The zero-order valence-corrected chi connectivity index (χ0v) is 13.4. The lowest BCUT2D eigenvalue weighted by Gasteiger charge is -2.32. The topological polar surface area (TPSA) is 32.3 Å². The average molecular weight is 334 g/mol. The van der Waals surface area contributed by atoms with Gasteiger partial charge in [0.1, 0.15) is 0 Å². The smallest absolute Gasteiger partial charge is 0.252 e. The molecule has 0 aliphatic carbocycles. The molecule has 0 fully saturated rings. The molecule has 0 aromatic heterocycles. The maximum absolute atomic E-state index is 12.0. The fourth-order valence-corrected chi connectivity index (χ4v) is 2.09. The van der Waals surface area contributed by atoms with Crippen LogP contribution in [0, 0.1) is 0 Å². The predicted octanol–water partition coefficient (Wildman–Crippen LogP) is 3.17. The molecule has 3 nitrogen and oxygen atoms in total. The lowest BCUT2D eigenvalue weighted by atomic mass is 10.0. The van der Waals surface area contributed by atoms with Crippen LogP contribution in [0.1, 0.15) is 24.2 Å². The first kappa shape index (κ1) is 15.5. The summed E-state index contributed by atoms with van der Waals surface area (Å²) in [6, 6.07) is 5.14. The third-order valence-corrected chi connectivity index (χ3v) is 3.96. The van der Waals surface area contributed by atoms with Crippen molar-refractivity contribution in [3.05, 3.63) is 33.3 Å². The van der Waals surface area contributed by atoms with E-state index in [0.717, 1.165) is 0 Å². The summed E-state index contributed by atoms with van der Waals surface area (Å²) in [7, 11) is 3.98. The Labute approximate surface area is 122 Å². The highest BCUT2D eigenvalue weighted by atomic mass is 79.9. The Morgan fingerprint density at radius 2 is 2.06 bits per heavy atom. The Bertz CT molecular complexity index is 447. The van der Waals surface area contributed by atoms with Gasteiger partial charge in [0.2, 0.25) is 0 Å². The van der Waals surface area contributed by atoms with Crippen LogP contribution in [-0.4, -0.2) is 37.0 Å². The summed E-state index contributed by atoms with van der Waals surface area (Å²) in [5.74, 6) is -0.103. The number of hydrogen-bond donors (Lipinski definition) is 1. The van der Waals surface area contributed by atoms with Crippen LogP contribution in [0.3, 0.4) is 0 Å². The van der Waals surface area contributed by atoms with E-state index in [1.165, 1.54) is 0 Å². The van der Waals surface area contributed by atoms with Gasteiger partial charge in [-0.1, -0.05) is 11.6 Å². The summed E-state index contributed by atoms with van der Waals surface area (Å²) >= 11 is 9.19. The Morgan fingerprint density at radius 1 is 1.44 bits per heavy atom. The van der Waals surface area contributed by atoms with Gasteiger partial charge in [-0.05, 0) is 62.1 Å². The number of carbonyl (C=O) groups excluding carboxylic acids is 1. The molecule has 100 valence electrons. The molecule has 1 rings (SSSR count). The van der Waals surface area contributed by atoms with Crippen LogP contribution < -0.4 is 5.32 Å². The molecular weight excluding hydrogens is 316 g/mol. The van der Waals surface area contributed by atoms with E-state index < -0.39 is 0 Å². The van der Waals surface area contributed by atoms with Gasteiger partial charge in [0, 0.05) is 21.6 Å². The number of amides is 1. The van der Waals surface area contributed by atoms with E-state index in [9.17, 15) is 4.79 Å². The lowest BCUT2D eigenvalue weighted by Crippen LogP contribution is -2.48. The molecule has 18 heavy (non-hydrogen) atoms. The van der Waals surface area contributed by atoms with Crippen molar-refractivity contribution in [1.82, 2.24) is 10.2 Å². The third kappa shape index (κ3) is 3.97. The second kappa shape index (κ2) is 6.04. The fraction of sp³-hybridized carbons (Fsp3) is 0.462. The first-order valence-corrected chi connectivity index (χ1v) is 6.82. The van der Waals surface area contributed by atoms with Crippen LogP contribution >= 0.6 is 27.5 Å². The van der Waals surface area contributed by atoms with Crippen LogP contribution in [0.5, 0.6) is 0 Å². The second-order valence-corrected chi connectivity index (χ2v) is 6.30. The van der Waals surface area contributed by atoms with Crippen molar-refractivity contribution in [2.75, 3.05) is 20.6 Å². The molecule has 0 spiro atoms. The van der Waals surface area contributed by atoms with Gasteiger partial charge in [-0.3, -0.25) is 4.79 Å². The molecular formula is C13H18BrClN2O. The molecule has 1 N–H and O–H groups in total. The summed E-state index contributed by atoms with van der Waals surface area (Å²) in [6.07, 6.45) is 0. The molecule has 0 heterocycles. The molecule has 5 heteroatoms. The minimum atomic E-state index is -0.103. The molecule has 0 radical (unpaired) electrons. The molecule has 0 aliphatic heterocycles. The maximum atomic E-state index is 12.0. The van der Waals surface area contributed by atoms with Crippen molar-refractivity contribution in [1.29, 1.82) is 0 Å². The second-order valence-electron chi connectivity index (χ2n) is 5.01. The minimum Gasteiger partial charge on any atom is -0.350 e. The number of rotatable bonds is 4. The summed E-state index contributed by atoms with van der Waals surface area (Å²) in [6.45, 7) is 4.72. The Hall–Kier alpha value is -0.580. The zero-order chi connectivity index (χ0) is 13.9. The normalized spacial score (nSPS) is 11.7. The van der Waals surface area contributed by atoms with Crippen molar-refractivity contribution >= 4 is 33.4 Å². The Morgan fingerprint density at radius 3 is 2.56 bits per heavy atom. The molecule has 0 unspecified atom stereocenters. The summed E-state index contributed by atoms with van der Waals surface area (Å²) in [5, 5.41) is 3.53. The van der Waals surface area contributed by atoms with Gasteiger partial charge in [0.05, 0.1) is 5.56 Å². The summed E-state index contributed by atoms with van der Waals surface area (Å²) in [4.78, 5) is 14.1. The van der Waals surface area contributed by atoms with Crippen LogP contribution in [0.25, 0.3) is 0 Å². The molecule has 0 aliphatic rings. The summed E-state index contributed by atoms with van der Waals surface area (Å²) < 4.78 is 0.704. The third-order valence-electron chi connectivity index (χ3n) is 3.07. The maximum Gasteiger partial charge on any atom is 0.252 e. The monoisotopic (exact) mass is 332 g/mol. The van der Waals surface area contributed by atoms with Crippen molar-refractivity contribution < 1.29 is 4.79 Å². The first-order valence-electron chi connectivity index (χ1n) is 5.65.